The summed E-state index contributed by atoms with van der Waals surface area (Å²) < 4.78 is 37.0. The second kappa shape index (κ2) is 5.46. The van der Waals surface area contributed by atoms with Gasteiger partial charge in [-0.3, -0.25) is 0 Å². The molecular formula is C15H13F2NO2. The Morgan fingerprint density at radius 2 is 1.80 bits per heavy atom. The first-order valence-electron chi connectivity index (χ1n) is 6.25. The van der Waals surface area contributed by atoms with Crippen LogP contribution in [-0.4, -0.2) is 6.79 Å². The summed E-state index contributed by atoms with van der Waals surface area (Å²) in [6.45, 7) is 1.03. The van der Waals surface area contributed by atoms with Crippen LogP contribution in [0.15, 0.2) is 36.4 Å². The monoisotopic (exact) mass is 277 g/mol. The van der Waals surface area contributed by atoms with Crippen LogP contribution in [0.3, 0.4) is 0 Å². The van der Waals surface area contributed by atoms with E-state index in [2.05, 4.69) is 5.32 Å². The van der Waals surface area contributed by atoms with E-state index in [0.29, 0.717) is 17.9 Å². The summed E-state index contributed by atoms with van der Waals surface area (Å²) in [6.07, 6.45) is 0. The van der Waals surface area contributed by atoms with Crippen LogP contribution in [0.1, 0.15) is 11.1 Å². The minimum Gasteiger partial charge on any atom is -0.454 e. The molecule has 104 valence electrons. The van der Waals surface area contributed by atoms with Crippen molar-refractivity contribution in [3.63, 3.8) is 0 Å². The van der Waals surface area contributed by atoms with Crippen molar-refractivity contribution in [1.29, 1.82) is 0 Å². The van der Waals surface area contributed by atoms with Crippen molar-refractivity contribution in [2.75, 3.05) is 6.79 Å². The lowest BCUT2D eigenvalue weighted by Crippen LogP contribution is -2.13. The van der Waals surface area contributed by atoms with E-state index in [1.165, 1.54) is 6.07 Å². The fourth-order valence-corrected chi connectivity index (χ4v) is 2.07. The third kappa shape index (κ3) is 2.72. The van der Waals surface area contributed by atoms with E-state index >= 15 is 0 Å². The Bertz CT molecular complexity index is 631. The van der Waals surface area contributed by atoms with Crippen molar-refractivity contribution in [1.82, 2.24) is 5.32 Å². The molecule has 3 rings (SSSR count). The Morgan fingerprint density at radius 1 is 0.950 bits per heavy atom. The van der Waals surface area contributed by atoms with Gasteiger partial charge in [-0.1, -0.05) is 6.07 Å². The molecule has 0 radical (unpaired) electrons. The van der Waals surface area contributed by atoms with Gasteiger partial charge < -0.3 is 14.8 Å². The van der Waals surface area contributed by atoms with Gasteiger partial charge in [0.15, 0.2) is 11.5 Å². The Hall–Kier alpha value is -2.14. The summed E-state index contributed by atoms with van der Waals surface area (Å²) in [5.74, 6) is 0.585. The molecule has 0 saturated carbocycles. The molecule has 3 nitrogen and oxygen atoms in total. The second-order valence-electron chi connectivity index (χ2n) is 4.53. The van der Waals surface area contributed by atoms with Crippen molar-refractivity contribution >= 4 is 0 Å². The number of hydrogen-bond acceptors (Lipinski definition) is 3. The molecule has 0 fully saturated rings. The number of nitrogens with one attached hydrogen (secondary N) is 1. The zero-order chi connectivity index (χ0) is 13.9. The fourth-order valence-electron chi connectivity index (χ4n) is 2.07. The van der Waals surface area contributed by atoms with Gasteiger partial charge in [0.2, 0.25) is 6.79 Å². The van der Waals surface area contributed by atoms with Crippen LogP contribution in [0, 0.1) is 11.6 Å². The maximum absolute atomic E-state index is 13.4. The molecule has 2 aromatic carbocycles. The van der Waals surface area contributed by atoms with Crippen LogP contribution in [-0.2, 0) is 13.1 Å². The number of benzene rings is 2. The first-order chi connectivity index (χ1) is 9.72. The number of ether oxygens (including phenoxy) is 2. The van der Waals surface area contributed by atoms with E-state index in [0.717, 1.165) is 23.4 Å². The van der Waals surface area contributed by atoms with Gasteiger partial charge in [-0.25, -0.2) is 8.78 Å². The van der Waals surface area contributed by atoms with Crippen molar-refractivity contribution in [2.45, 2.75) is 13.1 Å². The molecule has 0 unspecified atom stereocenters. The van der Waals surface area contributed by atoms with Crippen molar-refractivity contribution in [2.24, 2.45) is 0 Å². The van der Waals surface area contributed by atoms with Gasteiger partial charge in [-0.15, -0.1) is 0 Å². The molecule has 0 amide bonds. The van der Waals surface area contributed by atoms with E-state index in [-0.39, 0.29) is 13.3 Å². The molecule has 20 heavy (non-hydrogen) atoms. The number of rotatable bonds is 4. The molecule has 2 aromatic rings. The average Bonchev–Trinajstić information content (AvgIpc) is 2.90. The Kier molecular flexibility index (Phi) is 3.52. The molecule has 1 aliphatic heterocycles. The lowest BCUT2D eigenvalue weighted by atomic mass is 10.1. The SMILES string of the molecule is Fc1ccc(F)c(CNCc2ccc3c(c2)OCO3)c1. The van der Waals surface area contributed by atoms with E-state index in [1.54, 1.807) is 0 Å². The minimum absolute atomic E-state index is 0.237. The molecule has 5 heteroatoms. The maximum atomic E-state index is 13.4. The number of fused-ring (bicyclic) bond motifs is 1. The highest BCUT2D eigenvalue weighted by Gasteiger charge is 2.13. The van der Waals surface area contributed by atoms with Crippen LogP contribution in [0.25, 0.3) is 0 Å². The number of hydrogen-bond donors (Lipinski definition) is 1. The molecule has 0 saturated heterocycles. The topological polar surface area (TPSA) is 30.5 Å². The average molecular weight is 277 g/mol. The van der Waals surface area contributed by atoms with Crippen LogP contribution >= 0.6 is 0 Å². The second-order valence-corrected chi connectivity index (χ2v) is 4.53. The van der Waals surface area contributed by atoms with Gasteiger partial charge in [-0.2, -0.15) is 0 Å². The van der Waals surface area contributed by atoms with Crippen LogP contribution in [0.5, 0.6) is 11.5 Å². The smallest absolute Gasteiger partial charge is 0.231 e. The van der Waals surface area contributed by atoms with E-state index in [9.17, 15) is 8.78 Å². The summed E-state index contributed by atoms with van der Waals surface area (Å²) in [4.78, 5) is 0. The molecule has 1 aliphatic rings. The lowest BCUT2D eigenvalue weighted by Gasteiger charge is -2.07. The molecule has 1 N–H and O–H groups in total. The molecule has 0 spiro atoms. The Morgan fingerprint density at radius 3 is 2.70 bits per heavy atom. The zero-order valence-corrected chi connectivity index (χ0v) is 10.7. The third-order valence-corrected chi connectivity index (χ3v) is 3.09. The largest absolute Gasteiger partial charge is 0.454 e. The highest BCUT2D eigenvalue weighted by atomic mass is 19.1. The van der Waals surface area contributed by atoms with Crippen LogP contribution in [0.2, 0.25) is 0 Å². The summed E-state index contributed by atoms with van der Waals surface area (Å²) in [7, 11) is 0. The predicted molar refractivity (Wildman–Crippen MR) is 69.5 cm³/mol. The van der Waals surface area contributed by atoms with Gasteiger partial charge in [0.05, 0.1) is 0 Å². The van der Waals surface area contributed by atoms with Crippen LogP contribution < -0.4 is 14.8 Å². The van der Waals surface area contributed by atoms with Gasteiger partial charge in [0, 0.05) is 18.7 Å². The van der Waals surface area contributed by atoms with E-state index in [4.69, 9.17) is 9.47 Å². The molecule has 0 aliphatic carbocycles. The van der Waals surface area contributed by atoms with Gasteiger partial charge in [0.25, 0.3) is 0 Å². The van der Waals surface area contributed by atoms with Gasteiger partial charge >= 0.3 is 0 Å². The van der Waals surface area contributed by atoms with E-state index < -0.39 is 11.6 Å². The Labute approximate surface area is 115 Å². The predicted octanol–water partition coefficient (Wildman–Crippen LogP) is 2.98. The molecule has 0 atom stereocenters. The normalized spacial score (nSPS) is 12.7. The standard InChI is InChI=1S/C15H13F2NO2/c16-12-2-3-13(17)11(6-12)8-18-7-10-1-4-14-15(5-10)20-9-19-14/h1-6,18H,7-9H2. The number of halogens is 2. The van der Waals surface area contributed by atoms with Crippen molar-refractivity contribution in [3.8, 4) is 11.5 Å². The van der Waals surface area contributed by atoms with Crippen molar-refractivity contribution < 1.29 is 18.3 Å². The molecule has 0 bridgehead atoms. The minimum atomic E-state index is -0.439. The maximum Gasteiger partial charge on any atom is 0.231 e. The zero-order valence-electron chi connectivity index (χ0n) is 10.7. The first-order valence-corrected chi connectivity index (χ1v) is 6.25. The quantitative estimate of drug-likeness (QED) is 0.932. The van der Waals surface area contributed by atoms with E-state index in [1.807, 2.05) is 18.2 Å². The summed E-state index contributed by atoms with van der Waals surface area (Å²) in [6, 6.07) is 9.05. The fraction of sp³-hybridized carbons (Fsp3) is 0.200. The third-order valence-electron chi connectivity index (χ3n) is 3.09. The summed E-state index contributed by atoms with van der Waals surface area (Å²) in [5, 5.41) is 3.07. The molecule has 1 heterocycles. The lowest BCUT2D eigenvalue weighted by molar-refractivity contribution is 0.174. The Balaban J connectivity index is 1.61. The van der Waals surface area contributed by atoms with Gasteiger partial charge in [0.1, 0.15) is 11.6 Å². The highest BCUT2D eigenvalue weighted by Crippen LogP contribution is 2.32. The van der Waals surface area contributed by atoms with Crippen LogP contribution in [0.4, 0.5) is 8.78 Å². The molecular weight excluding hydrogens is 264 g/mol. The molecule has 0 aromatic heterocycles. The summed E-state index contributed by atoms with van der Waals surface area (Å²) in [5.41, 5.74) is 1.30. The highest BCUT2D eigenvalue weighted by molar-refractivity contribution is 5.44. The summed E-state index contributed by atoms with van der Waals surface area (Å²) >= 11 is 0. The first kappa shape index (κ1) is 12.9. The van der Waals surface area contributed by atoms with Gasteiger partial charge in [-0.05, 0) is 35.9 Å². The van der Waals surface area contributed by atoms with Crippen molar-refractivity contribution in [3.05, 3.63) is 59.2 Å².